The lowest BCUT2D eigenvalue weighted by Crippen LogP contribution is -2.54. The number of piperazine rings is 2. The molecule has 0 N–H and O–H groups in total. The number of carbonyl (C=O) groups is 2. The van der Waals surface area contributed by atoms with E-state index in [1.807, 2.05) is 21.9 Å². The van der Waals surface area contributed by atoms with Gasteiger partial charge in [0.25, 0.3) is 0 Å². The van der Waals surface area contributed by atoms with Crippen molar-refractivity contribution in [1.82, 2.24) is 24.7 Å². The highest BCUT2D eigenvalue weighted by Crippen LogP contribution is 2.33. The molecule has 0 aliphatic carbocycles. The van der Waals surface area contributed by atoms with Gasteiger partial charge in [-0.15, -0.1) is 0 Å². The molecule has 234 valence electrons. The summed E-state index contributed by atoms with van der Waals surface area (Å²) in [5, 5.41) is 0.853. The lowest BCUT2D eigenvalue weighted by Gasteiger charge is -2.40. The predicted molar refractivity (Wildman–Crippen MR) is 169 cm³/mol. The molecule has 3 aliphatic rings. The Morgan fingerprint density at radius 1 is 0.953 bits per heavy atom. The Hall–Kier alpha value is -2.76. The summed E-state index contributed by atoms with van der Waals surface area (Å²) < 4.78 is 10.9. The molecule has 0 radical (unpaired) electrons. The van der Waals surface area contributed by atoms with E-state index >= 15 is 0 Å². The molecule has 43 heavy (non-hydrogen) atoms. The summed E-state index contributed by atoms with van der Waals surface area (Å²) in [5.41, 5.74) is 1.17. The number of hydrogen-bond donors (Lipinski definition) is 0. The average molecular weight is 631 g/mol. The van der Waals surface area contributed by atoms with Crippen LogP contribution in [0.3, 0.4) is 0 Å². The van der Waals surface area contributed by atoms with Crippen molar-refractivity contribution in [3.05, 3.63) is 35.0 Å². The summed E-state index contributed by atoms with van der Waals surface area (Å²) in [6, 6.07) is 7.91. The van der Waals surface area contributed by atoms with Gasteiger partial charge in [-0.05, 0) is 31.0 Å². The SMILES string of the molecule is CCCCCCCC(=O)N1CCN(c2cc(Cl)nc(SCC(=O)N3CCN(Cc4ccc5c(c4)OCO5)CC3)n2)CC1C. The topological polar surface area (TPSA) is 91.3 Å². The lowest BCUT2D eigenvalue weighted by atomic mass is 10.1. The number of nitrogens with zero attached hydrogens (tertiary/aromatic N) is 6. The molecule has 2 fully saturated rings. The standard InChI is InChI=1S/C31H43ClN6O4S/c1-3-4-5-6-7-8-29(39)38-16-15-37(19-23(38)2)28-18-27(32)33-31(34-28)43-21-30(40)36-13-11-35(12-14-36)20-24-9-10-25-26(17-24)42-22-41-25/h9-10,17-18,23H,3-8,11-16,19-22H2,1-2H3. The maximum atomic E-state index is 13.0. The van der Waals surface area contributed by atoms with Gasteiger partial charge in [0.15, 0.2) is 16.7 Å². The zero-order valence-corrected chi connectivity index (χ0v) is 26.9. The van der Waals surface area contributed by atoms with Crippen molar-refractivity contribution in [3.8, 4) is 11.5 Å². The fraction of sp³-hybridized carbons (Fsp3) is 0.613. The van der Waals surface area contributed by atoms with Gasteiger partial charge in [-0.25, -0.2) is 9.97 Å². The van der Waals surface area contributed by atoms with Crippen molar-refractivity contribution in [2.45, 2.75) is 70.1 Å². The van der Waals surface area contributed by atoms with Crippen LogP contribution in [0.25, 0.3) is 0 Å². The van der Waals surface area contributed by atoms with Crippen LogP contribution in [0.1, 0.15) is 57.9 Å². The summed E-state index contributed by atoms with van der Waals surface area (Å²) in [6.07, 6.45) is 6.35. The lowest BCUT2D eigenvalue weighted by molar-refractivity contribution is -0.133. The van der Waals surface area contributed by atoms with E-state index in [4.69, 9.17) is 26.1 Å². The van der Waals surface area contributed by atoms with Crippen LogP contribution in [-0.2, 0) is 16.1 Å². The second-order valence-electron chi connectivity index (χ2n) is 11.5. The molecule has 4 heterocycles. The normalized spacial score (nSPS) is 18.8. The van der Waals surface area contributed by atoms with E-state index < -0.39 is 0 Å². The van der Waals surface area contributed by atoms with Crippen LogP contribution in [0.4, 0.5) is 5.82 Å². The van der Waals surface area contributed by atoms with Crippen molar-refractivity contribution >= 4 is 41.0 Å². The number of hydrogen-bond acceptors (Lipinski definition) is 9. The first-order valence-corrected chi connectivity index (χ1v) is 16.9. The third-order valence-electron chi connectivity index (χ3n) is 8.32. The summed E-state index contributed by atoms with van der Waals surface area (Å²) in [4.78, 5) is 43.4. The molecule has 1 aromatic heterocycles. The number of amides is 2. The second kappa shape index (κ2) is 15.3. The largest absolute Gasteiger partial charge is 0.454 e. The van der Waals surface area contributed by atoms with Crippen molar-refractivity contribution < 1.29 is 19.1 Å². The van der Waals surface area contributed by atoms with Gasteiger partial charge < -0.3 is 24.2 Å². The number of halogens is 1. The summed E-state index contributed by atoms with van der Waals surface area (Å²) in [7, 11) is 0. The molecule has 1 atom stereocenters. The molecule has 0 bridgehead atoms. The Bertz CT molecular complexity index is 1260. The number of rotatable bonds is 12. The van der Waals surface area contributed by atoms with Gasteiger partial charge in [-0.3, -0.25) is 14.5 Å². The highest BCUT2D eigenvalue weighted by Gasteiger charge is 2.28. The smallest absolute Gasteiger partial charge is 0.233 e. The molecular formula is C31H43ClN6O4S. The van der Waals surface area contributed by atoms with Crippen LogP contribution < -0.4 is 14.4 Å². The fourth-order valence-electron chi connectivity index (χ4n) is 5.84. The Kier molecular flexibility index (Phi) is 11.3. The van der Waals surface area contributed by atoms with Gasteiger partial charge in [0.2, 0.25) is 18.6 Å². The number of unbranched alkanes of at least 4 members (excludes halogenated alkanes) is 4. The van der Waals surface area contributed by atoms with E-state index in [9.17, 15) is 9.59 Å². The quantitative estimate of drug-likeness (QED) is 0.143. The Morgan fingerprint density at radius 2 is 1.74 bits per heavy atom. The zero-order chi connectivity index (χ0) is 30.2. The van der Waals surface area contributed by atoms with Gasteiger partial charge in [-0.1, -0.05) is 62.0 Å². The summed E-state index contributed by atoms with van der Waals surface area (Å²) >= 11 is 7.71. The van der Waals surface area contributed by atoms with Gasteiger partial charge in [0.1, 0.15) is 11.0 Å². The van der Waals surface area contributed by atoms with Crippen molar-refractivity contribution in [2.75, 3.05) is 63.3 Å². The predicted octanol–water partition coefficient (Wildman–Crippen LogP) is 4.69. The first-order valence-electron chi connectivity index (χ1n) is 15.5. The summed E-state index contributed by atoms with van der Waals surface area (Å²) in [6.45, 7) is 10.4. The first-order chi connectivity index (χ1) is 20.9. The number of fused-ring (bicyclic) bond motifs is 1. The minimum absolute atomic E-state index is 0.0771. The van der Waals surface area contributed by atoms with E-state index in [0.29, 0.717) is 49.5 Å². The number of aromatic nitrogens is 2. The number of carbonyl (C=O) groups excluding carboxylic acids is 2. The van der Waals surface area contributed by atoms with Gasteiger partial charge in [0, 0.05) is 70.9 Å². The number of anilines is 1. The van der Waals surface area contributed by atoms with Crippen molar-refractivity contribution in [2.24, 2.45) is 0 Å². The third kappa shape index (κ3) is 8.67. The van der Waals surface area contributed by atoms with Crippen LogP contribution in [0.5, 0.6) is 11.5 Å². The molecule has 1 unspecified atom stereocenters. The zero-order valence-electron chi connectivity index (χ0n) is 25.3. The number of ether oxygens (including phenoxy) is 2. The molecular weight excluding hydrogens is 588 g/mol. The summed E-state index contributed by atoms with van der Waals surface area (Å²) in [5.74, 6) is 2.91. The highest BCUT2D eigenvalue weighted by atomic mass is 35.5. The minimum Gasteiger partial charge on any atom is -0.454 e. The van der Waals surface area contributed by atoms with E-state index in [-0.39, 0.29) is 30.4 Å². The van der Waals surface area contributed by atoms with E-state index in [1.54, 1.807) is 6.07 Å². The van der Waals surface area contributed by atoms with E-state index in [0.717, 1.165) is 49.8 Å². The van der Waals surface area contributed by atoms with E-state index in [2.05, 4.69) is 34.7 Å². The van der Waals surface area contributed by atoms with Crippen LogP contribution in [0.15, 0.2) is 29.4 Å². The molecule has 0 saturated carbocycles. The van der Waals surface area contributed by atoms with Crippen LogP contribution in [0, 0.1) is 0 Å². The van der Waals surface area contributed by atoms with Crippen molar-refractivity contribution in [1.29, 1.82) is 0 Å². The molecule has 2 amide bonds. The van der Waals surface area contributed by atoms with Crippen LogP contribution >= 0.6 is 23.4 Å². The second-order valence-corrected chi connectivity index (χ2v) is 12.8. The van der Waals surface area contributed by atoms with Gasteiger partial charge in [-0.2, -0.15) is 0 Å². The Labute approximate surface area is 264 Å². The molecule has 5 rings (SSSR count). The maximum absolute atomic E-state index is 13.0. The molecule has 12 heteroatoms. The van der Waals surface area contributed by atoms with Gasteiger partial charge in [0.05, 0.1) is 5.75 Å². The molecule has 3 aliphatic heterocycles. The van der Waals surface area contributed by atoms with Gasteiger partial charge >= 0.3 is 0 Å². The monoisotopic (exact) mass is 630 g/mol. The third-order valence-corrected chi connectivity index (χ3v) is 9.35. The van der Waals surface area contributed by atoms with Crippen molar-refractivity contribution in [3.63, 3.8) is 0 Å². The maximum Gasteiger partial charge on any atom is 0.233 e. The molecule has 1 aromatic carbocycles. The molecule has 2 aromatic rings. The average Bonchev–Trinajstić information content (AvgIpc) is 3.48. The highest BCUT2D eigenvalue weighted by molar-refractivity contribution is 7.99. The van der Waals surface area contributed by atoms with E-state index in [1.165, 1.54) is 36.6 Å². The molecule has 0 spiro atoms. The number of benzene rings is 1. The van der Waals surface area contributed by atoms with Crippen LogP contribution in [0.2, 0.25) is 5.15 Å². The minimum atomic E-state index is 0.0771. The Balaban J connectivity index is 1.06. The fourth-order valence-corrected chi connectivity index (χ4v) is 6.83. The molecule has 2 saturated heterocycles. The molecule has 10 nitrogen and oxygen atoms in total. The van der Waals surface area contributed by atoms with Crippen LogP contribution in [-0.4, -0.2) is 101 Å². The Morgan fingerprint density at radius 3 is 2.53 bits per heavy atom. The number of thioether (sulfide) groups is 1. The first kappa shape index (κ1) is 31.7.